The van der Waals surface area contributed by atoms with Crippen molar-refractivity contribution in [1.29, 1.82) is 0 Å². The molecule has 0 saturated heterocycles. The summed E-state index contributed by atoms with van der Waals surface area (Å²) in [5, 5.41) is 9.29. The molecule has 0 radical (unpaired) electrons. The second-order valence-corrected chi connectivity index (χ2v) is 4.96. The van der Waals surface area contributed by atoms with Crippen LogP contribution in [0.3, 0.4) is 0 Å². The Balaban J connectivity index is 3.57. The van der Waals surface area contributed by atoms with Crippen molar-refractivity contribution in [2.45, 2.75) is 33.3 Å². The van der Waals surface area contributed by atoms with Crippen LogP contribution < -0.4 is 5.73 Å². The molecule has 1 atom stereocenters. The fourth-order valence-electron chi connectivity index (χ4n) is 1.05. The number of aliphatic hydroxyl groups excluding tert-OH is 1. The van der Waals surface area contributed by atoms with E-state index >= 15 is 0 Å². The average Bonchev–Trinajstić information content (AvgIpc) is 1.99. The molecule has 0 aliphatic rings. The summed E-state index contributed by atoms with van der Waals surface area (Å²) in [6, 6.07) is 0. The first-order valence-corrected chi connectivity index (χ1v) is 4.92. The van der Waals surface area contributed by atoms with Crippen molar-refractivity contribution < 1.29 is 5.11 Å². The van der Waals surface area contributed by atoms with Gasteiger partial charge in [0, 0.05) is 13.1 Å². The summed E-state index contributed by atoms with van der Waals surface area (Å²) in [4.78, 5) is 2.13. The minimum absolute atomic E-state index is 0.347. The SMILES string of the molecule is CN(CCC(C)(C)C)CC(O)CN. The molecular formula is C10H24N2O. The minimum Gasteiger partial charge on any atom is -0.390 e. The van der Waals surface area contributed by atoms with Crippen LogP contribution in [0.15, 0.2) is 0 Å². The lowest BCUT2D eigenvalue weighted by Gasteiger charge is -2.24. The van der Waals surface area contributed by atoms with Gasteiger partial charge in [0.1, 0.15) is 0 Å². The minimum atomic E-state index is -0.384. The number of nitrogens with zero attached hydrogens (tertiary/aromatic N) is 1. The molecule has 0 amide bonds. The van der Waals surface area contributed by atoms with Crippen molar-refractivity contribution in [3.8, 4) is 0 Å². The second kappa shape index (κ2) is 5.58. The van der Waals surface area contributed by atoms with Gasteiger partial charge in [0.15, 0.2) is 0 Å². The van der Waals surface area contributed by atoms with Gasteiger partial charge in [0.05, 0.1) is 6.10 Å². The third-order valence-corrected chi connectivity index (χ3v) is 2.04. The molecule has 0 heterocycles. The van der Waals surface area contributed by atoms with Gasteiger partial charge < -0.3 is 15.7 Å². The Bertz CT molecular complexity index is 131. The van der Waals surface area contributed by atoms with Gasteiger partial charge in [-0.1, -0.05) is 20.8 Å². The van der Waals surface area contributed by atoms with E-state index in [-0.39, 0.29) is 6.10 Å². The van der Waals surface area contributed by atoms with Crippen molar-refractivity contribution in [2.75, 3.05) is 26.7 Å². The predicted molar refractivity (Wildman–Crippen MR) is 56.6 cm³/mol. The zero-order chi connectivity index (χ0) is 10.5. The lowest BCUT2D eigenvalue weighted by atomic mass is 9.92. The maximum absolute atomic E-state index is 9.29. The lowest BCUT2D eigenvalue weighted by Crippen LogP contribution is -2.35. The third-order valence-electron chi connectivity index (χ3n) is 2.04. The van der Waals surface area contributed by atoms with Crippen LogP contribution in [0.5, 0.6) is 0 Å². The normalized spacial score (nSPS) is 15.0. The molecule has 0 saturated carbocycles. The highest BCUT2D eigenvalue weighted by Gasteiger charge is 2.12. The summed E-state index contributed by atoms with van der Waals surface area (Å²) in [5.74, 6) is 0. The van der Waals surface area contributed by atoms with E-state index in [2.05, 4.69) is 25.7 Å². The van der Waals surface area contributed by atoms with Crippen LogP contribution in [-0.4, -0.2) is 42.8 Å². The Morgan fingerprint density at radius 3 is 2.31 bits per heavy atom. The molecule has 0 bridgehead atoms. The first-order chi connectivity index (χ1) is 5.85. The summed E-state index contributed by atoms with van der Waals surface area (Å²) in [5.41, 5.74) is 5.69. The van der Waals surface area contributed by atoms with E-state index in [9.17, 15) is 5.11 Å². The smallest absolute Gasteiger partial charge is 0.0788 e. The molecule has 0 rings (SSSR count). The highest BCUT2D eigenvalue weighted by Crippen LogP contribution is 2.18. The number of likely N-dealkylation sites (N-methyl/N-ethyl adjacent to an activating group) is 1. The van der Waals surface area contributed by atoms with Crippen molar-refractivity contribution in [2.24, 2.45) is 11.1 Å². The highest BCUT2D eigenvalue weighted by molar-refractivity contribution is 4.66. The van der Waals surface area contributed by atoms with E-state index in [0.717, 1.165) is 13.0 Å². The van der Waals surface area contributed by atoms with Crippen molar-refractivity contribution in [3.05, 3.63) is 0 Å². The van der Waals surface area contributed by atoms with E-state index in [1.54, 1.807) is 0 Å². The molecule has 1 unspecified atom stereocenters. The number of aliphatic hydroxyl groups is 1. The summed E-state index contributed by atoms with van der Waals surface area (Å²) in [7, 11) is 2.02. The number of hydrogen-bond acceptors (Lipinski definition) is 3. The van der Waals surface area contributed by atoms with Crippen LogP contribution >= 0.6 is 0 Å². The van der Waals surface area contributed by atoms with Gasteiger partial charge in [-0.05, 0) is 25.4 Å². The van der Waals surface area contributed by atoms with Crippen LogP contribution in [0.2, 0.25) is 0 Å². The maximum atomic E-state index is 9.29. The molecule has 0 aromatic heterocycles. The summed E-state index contributed by atoms with van der Waals surface area (Å²) in [6.07, 6.45) is 0.755. The molecular weight excluding hydrogens is 164 g/mol. The van der Waals surface area contributed by atoms with E-state index in [4.69, 9.17) is 5.73 Å². The molecule has 3 nitrogen and oxygen atoms in total. The van der Waals surface area contributed by atoms with Crippen LogP contribution in [0.25, 0.3) is 0 Å². The quantitative estimate of drug-likeness (QED) is 0.667. The summed E-state index contributed by atoms with van der Waals surface area (Å²) >= 11 is 0. The van der Waals surface area contributed by atoms with Crippen LogP contribution in [0, 0.1) is 5.41 Å². The standard InChI is InChI=1S/C10H24N2O/c1-10(2,3)5-6-12(4)8-9(13)7-11/h9,13H,5-8,11H2,1-4H3. The van der Waals surface area contributed by atoms with Gasteiger partial charge >= 0.3 is 0 Å². The number of nitrogens with two attached hydrogens (primary N) is 1. The monoisotopic (exact) mass is 188 g/mol. The van der Waals surface area contributed by atoms with Gasteiger partial charge in [-0.25, -0.2) is 0 Å². The van der Waals surface area contributed by atoms with Gasteiger partial charge in [-0.2, -0.15) is 0 Å². The predicted octanol–water partition coefficient (Wildman–Crippen LogP) is 0.674. The molecule has 80 valence electrons. The van der Waals surface area contributed by atoms with Gasteiger partial charge in [-0.3, -0.25) is 0 Å². The maximum Gasteiger partial charge on any atom is 0.0788 e. The zero-order valence-electron chi connectivity index (χ0n) is 9.38. The van der Waals surface area contributed by atoms with Crippen LogP contribution in [-0.2, 0) is 0 Å². The lowest BCUT2D eigenvalue weighted by molar-refractivity contribution is 0.125. The third kappa shape index (κ3) is 8.22. The van der Waals surface area contributed by atoms with Crippen molar-refractivity contribution >= 4 is 0 Å². The molecule has 0 aliphatic heterocycles. The Labute approximate surface area is 81.9 Å². The molecule has 0 aromatic carbocycles. The molecule has 3 heteroatoms. The summed E-state index contributed by atoms with van der Waals surface area (Å²) < 4.78 is 0. The largest absolute Gasteiger partial charge is 0.390 e. The Morgan fingerprint density at radius 1 is 1.38 bits per heavy atom. The van der Waals surface area contributed by atoms with E-state index in [1.807, 2.05) is 7.05 Å². The first-order valence-electron chi connectivity index (χ1n) is 4.92. The number of rotatable bonds is 5. The molecule has 0 aliphatic carbocycles. The molecule has 13 heavy (non-hydrogen) atoms. The second-order valence-electron chi connectivity index (χ2n) is 4.96. The summed E-state index contributed by atoms with van der Waals surface area (Å²) in [6.45, 7) is 8.70. The van der Waals surface area contributed by atoms with E-state index < -0.39 is 0 Å². The van der Waals surface area contributed by atoms with Crippen LogP contribution in [0.4, 0.5) is 0 Å². The van der Waals surface area contributed by atoms with Crippen molar-refractivity contribution in [3.63, 3.8) is 0 Å². The molecule has 3 N–H and O–H groups in total. The number of hydrogen-bond donors (Lipinski definition) is 2. The fraction of sp³-hybridized carbons (Fsp3) is 1.00. The Hall–Kier alpha value is -0.120. The Morgan fingerprint density at radius 2 is 1.92 bits per heavy atom. The molecule has 0 spiro atoms. The van der Waals surface area contributed by atoms with Gasteiger partial charge in [0.25, 0.3) is 0 Å². The zero-order valence-corrected chi connectivity index (χ0v) is 9.38. The average molecular weight is 188 g/mol. The fourth-order valence-corrected chi connectivity index (χ4v) is 1.05. The van der Waals surface area contributed by atoms with E-state index in [0.29, 0.717) is 18.5 Å². The molecule has 0 aromatic rings. The highest BCUT2D eigenvalue weighted by atomic mass is 16.3. The van der Waals surface area contributed by atoms with Gasteiger partial charge in [0.2, 0.25) is 0 Å². The van der Waals surface area contributed by atoms with Crippen LogP contribution in [0.1, 0.15) is 27.2 Å². The first kappa shape index (κ1) is 12.9. The Kier molecular flexibility index (Phi) is 5.53. The molecule has 0 fully saturated rings. The van der Waals surface area contributed by atoms with Crippen molar-refractivity contribution in [1.82, 2.24) is 4.90 Å². The van der Waals surface area contributed by atoms with E-state index in [1.165, 1.54) is 0 Å². The topological polar surface area (TPSA) is 49.5 Å². The van der Waals surface area contributed by atoms with Gasteiger partial charge in [-0.15, -0.1) is 0 Å².